The van der Waals surface area contributed by atoms with E-state index in [1.54, 1.807) is 24.3 Å². The number of carbonyl (C=O) groups excluding carboxylic acids is 2. The number of para-hydroxylation sites is 1. The largest absolute Gasteiger partial charge is 0.496 e. The normalized spacial score (nSPS) is 9.96. The lowest BCUT2D eigenvalue weighted by Gasteiger charge is -2.13. The van der Waals surface area contributed by atoms with Crippen molar-refractivity contribution in [3.63, 3.8) is 0 Å². The number of anilines is 1. The molecular formula is C18H20N2O4. The zero-order chi connectivity index (χ0) is 17.5. The fraction of sp³-hybridized carbons (Fsp3) is 0.222. The molecule has 2 aromatic rings. The van der Waals surface area contributed by atoms with Crippen LogP contribution in [0.25, 0.3) is 0 Å². The van der Waals surface area contributed by atoms with Gasteiger partial charge in [-0.1, -0.05) is 24.3 Å². The van der Waals surface area contributed by atoms with Crippen LogP contribution in [0.4, 0.5) is 5.69 Å². The van der Waals surface area contributed by atoms with Crippen molar-refractivity contribution in [2.24, 2.45) is 0 Å². The molecule has 0 aliphatic carbocycles. The van der Waals surface area contributed by atoms with Crippen LogP contribution in [0.2, 0.25) is 0 Å². The summed E-state index contributed by atoms with van der Waals surface area (Å²) in [6.45, 7) is 1.74. The molecule has 6 heteroatoms. The first-order chi connectivity index (χ1) is 11.6. The van der Waals surface area contributed by atoms with E-state index in [1.807, 2.05) is 25.1 Å². The lowest BCUT2D eigenvalue weighted by atomic mass is 10.1. The van der Waals surface area contributed by atoms with Crippen LogP contribution >= 0.6 is 0 Å². The molecule has 0 unspecified atom stereocenters. The quantitative estimate of drug-likeness (QED) is 0.853. The maximum Gasteiger partial charge on any atom is 0.259 e. The van der Waals surface area contributed by atoms with Gasteiger partial charge in [-0.3, -0.25) is 9.59 Å². The number of methoxy groups -OCH3 is 2. The van der Waals surface area contributed by atoms with Gasteiger partial charge in [0.15, 0.2) is 0 Å². The van der Waals surface area contributed by atoms with Gasteiger partial charge in [-0.2, -0.15) is 0 Å². The van der Waals surface area contributed by atoms with Gasteiger partial charge in [-0.15, -0.1) is 0 Å². The molecule has 0 aromatic heterocycles. The number of benzene rings is 2. The van der Waals surface area contributed by atoms with E-state index in [0.717, 1.165) is 5.56 Å². The topological polar surface area (TPSA) is 76.7 Å². The lowest BCUT2D eigenvalue weighted by molar-refractivity contribution is -0.115. The van der Waals surface area contributed by atoms with Crippen LogP contribution in [0.5, 0.6) is 11.5 Å². The zero-order valence-electron chi connectivity index (χ0n) is 13.9. The monoisotopic (exact) mass is 328 g/mol. The first-order valence-corrected chi connectivity index (χ1v) is 7.41. The Morgan fingerprint density at radius 3 is 2.17 bits per heavy atom. The Morgan fingerprint density at radius 2 is 1.58 bits per heavy atom. The smallest absolute Gasteiger partial charge is 0.259 e. The fourth-order valence-electron chi connectivity index (χ4n) is 2.23. The molecule has 6 nitrogen and oxygen atoms in total. The Kier molecular flexibility index (Phi) is 5.78. The molecule has 0 fully saturated rings. The Labute approximate surface area is 140 Å². The second-order valence-electron chi connectivity index (χ2n) is 5.08. The Balaban J connectivity index is 2.03. The molecule has 0 spiro atoms. The zero-order valence-corrected chi connectivity index (χ0v) is 13.9. The van der Waals surface area contributed by atoms with Gasteiger partial charge < -0.3 is 20.1 Å². The first kappa shape index (κ1) is 17.3. The van der Waals surface area contributed by atoms with Crippen LogP contribution in [-0.2, 0) is 4.79 Å². The molecule has 0 bridgehead atoms. The van der Waals surface area contributed by atoms with E-state index < -0.39 is 5.91 Å². The van der Waals surface area contributed by atoms with Crippen LogP contribution in [0.15, 0.2) is 42.5 Å². The van der Waals surface area contributed by atoms with Gasteiger partial charge in [0, 0.05) is 5.69 Å². The summed E-state index contributed by atoms with van der Waals surface area (Å²) in [5, 5.41) is 5.33. The number of hydrogen-bond donors (Lipinski definition) is 2. The summed E-state index contributed by atoms with van der Waals surface area (Å²) in [6.07, 6.45) is 0. The summed E-state index contributed by atoms with van der Waals surface area (Å²) in [7, 11) is 2.94. The average Bonchev–Trinajstić information content (AvgIpc) is 2.60. The van der Waals surface area contributed by atoms with E-state index in [4.69, 9.17) is 9.47 Å². The van der Waals surface area contributed by atoms with Gasteiger partial charge in [-0.05, 0) is 30.7 Å². The number of rotatable bonds is 6. The molecule has 2 aromatic carbocycles. The predicted octanol–water partition coefficient (Wildman–Crippen LogP) is 2.38. The molecule has 0 heterocycles. The van der Waals surface area contributed by atoms with Gasteiger partial charge >= 0.3 is 0 Å². The molecule has 2 amide bonds. The molecule has 126 valence electrons. The summed E-state index contributed by atoms with van der Waals surface area (Å²) in [5.41, 5.74) is 1.92. The highest BCUT2D eigenvalue weighted by atomic mass is 16.5. The molecular weight excluding hydrogens is 308 g/mol. The van der Waals surface area contributed by atoms with E-state index in [-0.39, 0.29) is 18.0 Å². The molecule has 2 N–H and O–H groups in total. The van der Waals surface area contributed by atoms with E-state index in [9.17, 15) is 9.59 Å². The van der Waals surface area contributed by atoms with Gasteiger partial charge in [0.05, 0.1) is 20.8 Å². The van der Waals surface area contributed by atoms with Crippen LogP contribution in [0.1, 0.15) is 15.9 Å². The van der Waals surface area contributed by atoms with Crippen molar-refractivity contribution >= 4 is 17.5 Å². The number of aryl methyl sites for hydroxylation is 1. The number of hydrogen-bond acceptors (Lipinski definition) is 4. The second-order valence-corrected chi connectivity index (χ2v) is 5.08. The Hall–Kier alpha value is -3.02. The number of amides is 2. The van der Waals surface area contributed by atoms with E-state index in [2.05, 4.69) is 10.6 Å². The van der Waals surface area contributed by atoms with Crippen molar-refractivity contribution in [2.75, 3.05) is 26.1 Å². The molecule has 2 rings (SSSR count). The van der Waals surface area contributed by atoms with E-state index >= 15 is 0 Å². The third kappa shape index (κ3) is 4.04. The molecule has 24 heavy (non-hydrogen) atoms. The van der Waals surface area contributed by atoms with Gasteiger partial charge in [-0.25, -0.2) is 0 Å². The van der Waals surface area contributed by atoms with Crippen molar-refractivity contribution in [1.82, 2.24) is 5.32 Å². The van der Waals surface area contributed by atoms with Crippen LogP contribution in [-0.4, -0.2) is 32.6 Å². The molecule has 0 aliphatic rings. The minimum Gasteiger partial charge on any atom is -0.496 e. The molecule has 0 aliphatic heterocycles. The first-order valence-electron chi connectivity index (χ1n) is 7.41. The van der Waals surface area contributed by atoms with Crippen LogP contribution < -0.4 is 20.1 Å². The minimum absolute atomic E-state index is 0.158. The van der Waals surface area contributed by atoms with Gasteiger partial charge in [0.1, 0.15) is 17.1 Å². The number of nitrogens with one attached hydrogen (secondary N) is 2. The van der Waals surface area contributed by atoms with Crippen molar-refractivity contribution in [2.45, 2.75) is 6.92 Å². The Bertz CT molecular complexity index is 721. The highest BCUT2D eigenvalue weighted by molar-refractivity contribution is 6.02. The van der Waals surface area contributed by atoms with Crippen molar-refractivity contribution in [1.29, 1.82) is 0 Å². The van der Waals surface area contributed by atoms with Crippen LogP contribution in [0, 0.1) is 6.92 Å². The summed E-state index contributed by atoms with van der Waals surface area (Å²) in [4.78, 5) is 24.4. The summed E-state index contributed by atoms with van der Waals surface area (Å²) >= 11 is 0. The number of ether oxygens (including phenoxy) is 2. The summed E-state index contributed by atoms with van der Waals surface area (Å²) in [5.74, 6) is 0.00747. The van der Waals surface area contributed by atoms with Gasteiger partial charge in [0.25, 0.3) is 5.91 Å². The maximum atomic E-state index is 12.4. The van der Waals surface area contributed by atoms with Crippen LogP contribution in [0.3, 0.4) is 0 Å². The van der Waals surface area contributed by atoms with Gasteiger partial charge in [0.2, 0.25) is 5.91 Å². The summed E-state index contributed by atoms with van der Waals surface area (Å²) in [6, 6.07) is 12.5. The maximum absolute atomic E-state index is 12.4. The SMILES string of the molecule is COc1cccc(OC)c1C(=O)NCC(=O)Nc1ccccc1C. The van der Waals surface area contributed by atoms with Crippen molar-refractivity contribution in [3.05, 3.63) is 53.6 Å². The highest BCUT2D eigenvalue weighted by Crippen LogP contribution is 2.27. The highest BCUT2D eigenvalue weighted by Gasteiger charge is 2.18. The lowest BCUT2D eigenvalue weighted by Crippen LogP contribution is -2.33. The fourth-order valence-corrected chi connectivity index (χ4v) is 2.23. The number of carbonyl (C=O) groups is 2. The molecule has 0 atom stereocenters. The third-order valence-electron chi connectivity index (χ3n) is 3.48. The van der Waals surface area contributed by atoms with Crippen molar-refractivity contribution < 1.29 is 19.1 Å². The van der Waals surface area contributed by atoms with E-state index in [1.165, 1.54) is 14.2 Å². The molecule has 0 saturated heterocycles. The Morgan fingerprint density at radius 1 is 0.958 bits per heavy atom. The molecule has 0 saturated carbocycles. The minimum atomic E-state index is -0.441. The second kappa shape index (κ2) is 8.01. The predicted molar refractivity (Wildman–Crippen MR) is 91.7 cm³/mol. The average molecular weight is 328 g/mol. The third-order valence-corrected chi connectivity index (χ3v) is 3.48. The van der Waals surface area contributed by atoms with E-state index in [0.29, 0.717) is 17.2 Å². The van der Waals surface area contributed by atoms with Crippen molar-refractivity contribution in [3.8, 4) is 11.5 Å². The standard InChI is InChI=1S/C18H20N2O4/c1-12-7-4-5-8-13(12)20-16(21)11-19-18(22)17-14(23-2)9-6-10-15(17)24-3/h4-10H,11H2,1-3H3,(H,19,22)(H,20,21). The molecule has 0 radical (unpaired) electrons. The summed E-state index contributed by atoms with van der Waals surface area (Å²) < 4.78 is 10.4.